The molecule has 2 unspecified atom stereocenters. The molecule has 0 aromatic carbocycles. The van der Waals surface area contributed by atoms with Crippen LogP contribution in [0.25, 0.3) is 5.65 Å². The van der Waals surface area contributed by atoms with Gasteiger partial charge in [0.15, 0.2) is 11.5 Å². The summed E-state index contributed by atoms with van der Waals surface area (Å²) in [6.07, 6.45) is 6.94. The molecule has 0 bridgehead atoms. The monoisotopic (exact) mass is 273 g/mol. The number of rotatable bonds is 4. The van der Waals surface area contributed by atoms with Gasteiger partial charge >= 0.3 is 0 Å². The summed E-state index contributed by atoms with van der Waals surface area (Å²) in [4.78, 5) is 11.6. The van der Waals surface area contributed by atoms with Crippen LogP contribution in [0.3, 0.4) is 0 Å². The van der Waals surface area contributed by atoms with E-state index in [-0.39, 0.29) is 0 Å². The van der Waals surface area contributed by atoms with Crippen LogP contribution < -0.4 is 10.2 Å². The molecule has 2 aromatic heterocycles. The molecule has 0 spiro atoms. The first kappa shape index (κ1) is 13.2. The quantitative estimate of drug-likeness (QED) is 0.930. The van der Waals surface area contributed by atoms with Crippen LogP contribution >= 0.6 is 0 Å². The number of nitrogens with zero attached hydrogens (tertiary/aromatic N) is 4. The van der Waals surface area contributed by atoms with Gasteiger partial charge in [-0.15, -0.1) is 0 Å². The minimum absolute atomic E-state index is 0.707. The molecule has 2 atom stereocenters. The molecule has 1 saturated heterocycles. The third-order valence-electron chi connectivity index (χ3n) is 4.20. The van der Waals surface area contributed by atoms with Gasteiger partial charge < -0.3 is 14.6 Å². The van der Waals surface area contributed by atoms with Gasteiger partial charge in [-0.05, 0) is 18.3 Å². The maximum atomic E-state index is 4.79. The molecule has 20 heavy (non-hydrogen) atoms. The largest absolute Gasteiger partial charge is 0.369 e. The number of fused-ring (bicyclic) bond motifs is 1. The Morgan fingerprint density at radius 3 is 2.75 bits per heavy atom. The highest BCUT2D eigenvalue weighted by Gasteiger charge is 2.28. The normalized spacial score (nSPS) is 22.6. The molecule has 1 aliphatic rings. The van der Waals surface area contributed by atoms with Crippen molar-refractivity contribution in [3.8, 4) is 0 Å². The molecule has 1 N–H and O–H groups in total. The number of imidazole rings is 1. The molecule has 1 fully saturated rings. The Hall–Kier alpha value is -1.78. The van der Waals surface area contributed by atoms with Gasteiger partial charge in [-0.2, -0.15) is 0 Å². The van der Waals surface area contributed by atoms with Crippen LogP contribution in [-0.4, -0.2) is 34.0 Å². The fraction of sp³-hybridized carbons (Fsp3) is 0.600. The number of hydrogen-bond acceptors (Lipinski definition) is 4. The van der Waals surface area contributed by atoms with E-state index < -0.39 is 0 Å². The molecule has 5 heteroatoms. The van der Waals surface area contributed by atoms with E-state index in [0.29, 0.717) is 11.8 Å². The molecule has 0 aliphatic carbocycles. The minimum atomic E-state index is 0.707. The molecule has 108 valence electrons. The zero-order chi connectivity index (χ0) is 14.1. The van der Waals surface area contributed by atoms with Crippen LogP contribution in [0.15, 0.2) is 18.6 Å². The molecule has 3 heterocycles. The zero-order valence-corrected chi connectivity index (χ0v) is 12.5. The summed E-state index contributed by atoms with van der Waals surface area (Å²) in [6, 6.07) is 0. The van der Waals surface area contributed by atoms with Crippen molar-refractivity contribution in [1.82, 2.24) is 14.4 Å². The second kappa shape index (κ2) is 5.31. The topological polar surface area (TPSA) is 45.5 Å². The standard InChI is InChI=1S/C15H23N5/c1-4-5-16-13-10-19-7-6-17-14(19)15(18-13)20-8-11(2)12(3)9-20/h6-7,10-12,16H,4-5,8-9H2,1-3H3. The van der Waals surface area contributed by atoms with E-state index in [9.17, 15) is 0 Å². The van der Waals surface area contributed by atoms with Gasteiger partial charge in [-0.3, -0.25) is 0 Å². The maximum Gasteiger partial charge on any atom is 0.180 e. The van der Waals surface area contributed by atoms with Gasteiger partial charge in [-0.25, -0.2) is 9.97 Å². The van der Waals surface area contributed by atoms with Crippen LogP contribution in [0.5, 0.6) is 0 Å². The Balaban J connectivity index is 1.97. The van der Waals surface area contributed by atoms with Crippen molar-refractivity contribution in [1.29, 1.82) is 0 Å². The average molecular weight is 273 g/mol. The summed E-state index contributed by atoms with van der Waals surface area (Å²) in [7, 11) is 0. The van der Waals surface area contributed by atoms with E-state index in [1.807, 2.05) is 18.6 Å². The Morgan fingerprint density at radius 2 is 2.05 bits per heavy atom. The molecule has 0 saturated carbocycles. The van der Waals surface area contributed by atoms with Crippen molar-refractivity contribution in [3.05, 3.63) is 18.6 Å². The van der Waals surface area contributed by atoms with Gasteiger partial charge in [-0.1, -0.05) is 20.8 Å². The first-order valence-electron chi connectivity index (χ1n) is 7.51. The minimum Gasteiger partial charge on any atom is -0.369 e. The third kappa shape index (κ3) is 2.32. The summed E-state index contributed by atoms with van der Waals surface area (Å²) in [5.41, 5.74) is 0.952. The number of hydrogen-bond donors (Lipinski definition) is 1. The highest BCUT2D eigenvalue weighted by Crippen LogP contribution is 2.29. The molecule has 0 radical (unpaired) electrons. The van der Waals surface area contributed by atoms with Gasteiger partial charge in [0.2, 0.25) is 0 Å². The van der Waals surface area contributed by atoms with Gasteiger partial charge in [0.1, 0.15) is 5.82 Å². The Morgan fingerprint density at radius 1 is 1.30 bits per heavy atom. The summed E-state index contributed by atoms with van der Waals surface area (Å²) in [5.74, 6) is 3.35. The van der Waals surface area contributed by atoms with Crippen LogP contribution in [0.4, 0.5) is 11.6 Å². The SMILES string of the molecule is CCCNc1cn2ccnc2c(N2CC(C)C(C)C2)n1. The summed E-state index contributed by atoms with van der Waals surface area (Å²) in [6.45, 7) is 9.86. The van der Waals surface area contributed by atoms with Crippen molar-refractivity contribution >= 4 is 17.3 Å². The van der Waals surface area contributed by atoms with E-state index in [1.165, 1.54) is 0 Å². The van der Waals surface area contributed by atoms with Crippen molar-refractivity contribution in [3.63, 3.8) is 0 Å². The second-order valence-electron chi connectivity index (χ2n) is 5.89. The van der Waals surface area contributed by atoms with Crippen molar-refractivity contribution in [2.75, 3.05) is 29.9 Å². The van der Waals surface area contributed by atoms with E-state index in [2.05, 4.69) is 40.4 Å². The van der Waals surface area contributed by atoms with Gasteiger partial charge in [0, 0.05) is 32.0 Å². The predicted molar refractivity (Wildman–Crippen MR) is 82.3 cm³/mol. The lowest BCUT2D eigenvalue weighted by molar-refractivity contribution is 0.494. The molecular weight excluding hydrogens is 250 g/mol. The third-order valence-corrected chi connectivity index (χ3v) is 4.20. The van der Waals surface area contributed by atoms with Crippen LogP contribution in [-0.2, 0) is 0 Å². The molecule has 5 nitrogen and oxygen atoms in total. The molecule has 3 rings (SSSR count). The van der Waals surface area contributed by atoms with Crippen molar-refractivity contribution in [2.24, 2.45) is 11.8 Å². The molecule has 1 aliphatic heterocycles. The first-order valence-corrected chi connectivity index (χ1v) is 7.51. The summed E-state index contributed by atoms with van der Waals surface area (Å²) < 4.78 is 2.06. The molecule has 2 aromatic rings. The Bertz CT molecular complexity index is 581. The lowest BCUT2D eigenvalue weighted by atomic mass is 10.0. The number of nitrogens with one attached hydrogen (secondary N) is 1. The second-order valence-corrected chi connectivity index (χ2v) is 5.89. The fourth-order valence-corrected chi connectivity index (χ4v) is 2.77. The average Bonchev–Trinajstić information content (AvgIpc) is 3.03. The van der Waals surface area contributed by atoms with Crippen LogP contribution in [0, 0.1) is 11.8 Å². The Kier molecular flexibility index (Phi) is 3.51. The van der Waals surface area contributed by atoms with E-state index in [0.717, 1.165) is 43.3 Å². The molecule has 0 amide bonds. The first-order chi connectivity index (χ1) is 9.69. The van der Waals surface area contributed by atoms with Crippen molar-refractivity contribution in [2.45, 2.75) is 27.2 Å². The predicted octanol–water partition coefficient (Wildman–Crippen LogP) is 2.64. The summed E-state index contributed by atoms with van der Waals surface area (Å²) in [5, 5.41) is 3.38. The van der Waals surface area contributed by atoms with E-state index in [1.54, 1.807) is 0 Å². The highest BCUT2D eigenvalue weighted by atomic mass is 15.3. The van der Waals surface area contributed by atoms with Gasteiger partial charge in [0.05, 0.1) is 6.20 Å². The molecular formula is C15H23N5. The lowest BCUT2D eigenvalue weighted by Crippen LogP contribution is -2.22. The highest BCUT2D eigenvalue weighted by molar-refractivity contribution is 5.67. The van der Waals surface area contributed by atoms with E-state index in [4.69, 9.17) is 4.98 Å². The summed E-state index contributed by atoms with van der Waals surface area (Å²) >= 11 is 0. The fourth-order valence-electron chi connectivity index (χ4n) is 2.77. The van der Waals surface area contributed by atoms with Crippen LogP contribution in [0.1, 0.15) is 27.2 Å². The maximum absolute atomic E-state index is 4.79. The van der Waals surface area contributed by atoms with Crippen molar-refractivity contribution < 1.29 is 0 Å². The smallest absolute Gasteiger partial charge is 0.180 e. The number of anilines is 2. The lowest BCUT2D eigenvalue weighted by Gasteiger charge is -2.19. The number of aromatic nitrogens is 3. The van der Waals surface area contributed by atoms with Crippen LogP contribution in [0.2, 0.25) is 0 Å². The Labute approximate surface area is 120 Å². The van der Waals surface area contributed by atoms with Gasteiger partial charge in [0.25, 0.3) is 0 Å². The van der Waals surface area contributed by atoms with E-state index >= 15 is 0 Å². The zero-order valence-electron chi connectivity index (χ0n) is 12.5.